The molecule has 0 atom stereocenters. The average molecular weight is 384 g/mol. The van der Waals surface area contributed by atoms with Crippen LogP contribution in [0.4, 0.5) is 0 Å². The van der Waals surface area contributed by atoms with E-state index in [1.165, 1.54) is 6.20 Å². The minimum absolute atomic E-state index is 0.223. The fourth-order valence-electron chi connectivity index (χ4n) is 3.32. The van der Waals surface area contributed by atoms with Gasteiger partial charge in [0.1, 0.15) is 17.0 Å². The molecular formula is C21H16N6O2. The Kier molecular flexibility index (Phi) is 3.94. The molecule has 5 rings (SSSR count). The highest BCUT2D eigenvalue weighted by Gasteiger charge is 2.16. The molecular weight excluding hydrogens is 368 g/mol. The molecule has 8 nitrogen and oxygen atoms in total. The summed E-state index contributed by atoms with van der Waals surface area (Å²) in [7, 11) is 0. The summed E-state index contributed by atoms with van der Waals surface area (Å²) in [6, 6.07) is 16.9. The second kappa shape index (κ2) is 6.75. The van der Waals surface area contributed by atoms with Gasteiger partial charge in [-0.05, 0) is 17.7 Å². The van der Waals surface area contributed by atoms with Gasteiger partial charge in [0.15, 0.2) is 0 Å². The molecule has 0 saturated heterocycles. The van der Waals surface area contributed by atoms with Crippen LogP contribution in [0.5, 0.6) is 0 Å². The second-order valence-electron chi connectivity index (χ2n) is 6.58. The van der Waals surface area contributed by atoms with Crippen molar-refractivity contribution in [3.63, 3.8) is 0 Å². The number of H-pyrrole nitrogens is 2. The van der Waals surface area contributed by atoms with Crippen LogP contribution < -0.4 is 10.9 Å². The molecule has 3 aromatic heterocycles. The van der Waals surface area contributed by atoms with Crippen molar-refractivity contribution in [1.82, 2.24) is 29.9 Å². The van der Waals surface area contributed by atoms with Gasteiger partial charge in [0, 0.05) is 0 Å². The Morgan fingerprint density at radius 3 is 2.66 bits per heavy atom. The Hall–Kier alpha value is -4.20. The first-order valence-corrected chi connectivity index (χ1v) is 9.07. The first-order valence-electron chi connectivity index (χ1n) is 9.07. The summed E-state index contributed by atoms with van der Waals surface area (Å²) in [6.45, 7) is 0.223. The molecule has 3 heterocycles. The molecule has 2 aromatic carbocycles. The number of carbonyl (C=O) groups excluding carboxylic acids is 1. The predicted octanol–water partition coefficient (Wildman–Crippen LogP) is 2.50. The zero-order chi connectivity index (χ0) is 19.8. The molecule has 29 heavy (non-hydrogen) atoms. The maximum atomic E-state index is 12.7. The molecule has 0 bridgehead atoms. The highest BCUT2D eigenvalue weighted by Crippen LogP contribution is 2.17. The van der Waals surface area contributed by atoms with E-state index in [-0.39, 0.29) is 18.0 Å². The minimum Gasteiger partial charge on any atom is -0.345 e. The van der Waals surface area contributed by atoms with Crippen molar-refractivity contribution in [3.8, 4) is 11.3 Å². The van der Waals surface area contributed by atoms with Gasteiger partial charge >= 0.3 is 0 Å². The van der Waals surface area contributed by atoms with Crippen molar-refractivity contribution in [1.29, 1.82) is 0 Å². The van der Waals surface area contributed by atoms with Gasteiger partial charge in [-0.2, -0.15) is 5.10 Å². The molecule has 0 aliphatic heterocycles. The van der Waals surface area contributed by atoms with Crippen molar-refractivity contribution in [2.24, 2.45) is 0 Å². The van der Waals surface area contributed by atoms with Crippen LogP contribution in [0.3, 0.4) is 0 Å². The van der Waals surface area contributed by atoms with Crippen LogP contribution in [0.15, 0.2) is 71.8 Å². The molecule has 1 amide bonds. The molecule has 0 unspecified atom stereocenters. The first-order chi connectivity index (χ1) is 14.2. The number of amides is 1. The van der Waals surface area contributed by atoms with Crippen LogP contribution in [0.2, 0.25) is 0 Å². The van der Waals surface area contributed by atoms with Crippen molar-refractivity contribution >= 4 is 22.5 Å². The number of hydrogen-bond acceptors (Lipinski definition) is 4. The third-order valence-corrected chi connectivity index (χ3v) is 4.75. The molecule has 0 aliphatic rings. The van der Waals surface area contributed by atoms with Crippen molar-refractivity contribution in [2.45, 2.75) is 6.54 Å². The van der Waals surface area contributed by atoms with Crippen LogP contribution in [0, 0.1) is 0 Å². The van der Waals surface area contributed by atoms with E-state index >= 15 is 0 Å². The summed E-state index contributed by atoms with van der Waals surface area (Å²) < 4.78 is 1.56. The van der Waals surface area contributed by atoms with E-state index in [4.69, 9.17) is 0 Å². The standard InChI is InChI=1S/C21H16N6O2/c28-20(23-12-18-22-11-16(25-18)13-6-2-1-3-7-13)15-10-24-27-17-9-5-4-8-14(17)21(29)26-19(15)27/h1-11H,12H2,(H,22,25)(H,23,28)(H,26,29). The van der Waals surface area contributed by atoms with Crippen molar-refractivity contribution in [3.05, 3.63) is 88.7 Å². The molecule has 0 spiro atoms. The molecule has 142 valence electrons. The van der Waals surface area contributed by atoms with Crippen LogP contribution in [0.1, 0.15) is 16.2 Å². The Morgan fingerprint density at radius 1 is 1.00 bits per heavy atom. The zero-order valence-corrected chi connectivity index (χ0v) is 15.2. The summed E-state index contributed by atoms with van der Waals surface area (Å²) in [5.74, 6) is 0.288. The molecule has 0 saturated carbocycles. The Bertz CT molecular complexity index is 1400. The van der Waals surface area contributed by atoms with E-state index in [0.29, 0.717) is 27.9 Å². The summed E-state index contributed by atoms with van der Waals surface area (Å²) in [4.78, 5) is 35.3. The average Bonchev–Trinajstić information content (AvgIpc) is 3.40. The fourth-order valence-corrected chi connectivity index (χ4v) is 3.32. The number of benzene rings is 2. The van der Waals surface area contributed by atoms with Crippen molar-refractivity contribution in [2.75, 3.05) is 0 Å². The fraction of sp³-hybridized carbons (Fsp3) is 0.0476. The zero-order valence-electron chi connectivity index (χ0n) is 15.2. The third-order valence-electron chi connectivity index (χ3n) is 4.75. The lowest BCUT2D eigenvalue weighted by atomic mass is 10.2. The number of aromatic amines is 2. The first kappa shape index (κ1) is 16.9. The van der Waals surface area contributed by atoms with E-state index in [0.717, 1.165) is 11.3 Å². The number of carbonyl (C=O) groups is 1. The number of rotatable bonds is 4. The van der Waals surface area contributed by atoms with E-state index in [2.05, 4.69) is 25.4 Å². The van der Waals surface area contributed by atoms with E-state index in [1.54, 1.807) is 28.9 Å². The molecule has 8 heteroatoms. The minimum atomic E-state index is -0.344. The lowest BCUT2D eigenvalue weighted by Gasteiger charge is -2.04. The van der Waals surface area contributed by atoms with Gasteiger partial charge in [-0.15, -0.1) is 0 Å². The van der Waals surface area contributed by atoms with Gasteiger partial charge < -0.3 is 15.3 Å². The quantitative estimate of drug-likeness (QED) is 0.442. The number of fused-ring (bicyclic) bond motifs is 3. The van der Waals surface area contributed by atoms with Gasteiger partial charge in [0.05, 0.1) is 35.5 Å². The maximum absolute atomic E-state index is 12.7. The lowest BCUT2D eigenvalue weighted by Crippen LogP contribution is -2.24. The Morgan fingerprint density at radius 2 is 1.79 bits per heavy atom. The Labute approximate surface area is 164 Å². The lowest BCUT2D eigenvalue weighted by molar-refractivity contribution is 0.0951. The number of hydrogen-bond donors (Lipinski definition) is 3. The summed E-state index contributed by atoms with van der Waals surface area (Å²) in [6.07, 6.45) is 3.18. The van der Waals surface area contributed by atoms with Crippen molar-refractivity contribution < 1.29 is 4.79 Å². The van der Waals surface area contributed by atoms with Crippen LogP contribution >= 0.6 is 0 Å². The summed E-state index contributed by atoms with van der Waals surface area (Å²) in [5, 5.41) is 7.60. The number of nitrogens with zero attached hydrogens (tertiary/aromatic N) is 3. The largest absolute Gasteiger partial charge is 0.345 e. The number of nitrogens with one attached hydrogen (secondary N) is 3. The highest BCUT2D eigenvalue weighted by atomic mass is 16.2. The van der Waals surface area contributed by atoms with Gasteiger partial charge in [-0.25, -0.2) is 9.50 Å². The number of para-hydroxylation sites is 1. The molecule has 3 N–H and O–H groups in total. The predicted molar refractivity (Wildman–Crippen MR) is 109 cm³/mol. The third kappa shape index (κ3) is 2.96. The highest BCUT2D eigenvalue weighted by molar-refractivity contribution is 6.00. The maximum Gasteiger partial charge on any atom is 0.259 e. The van der Waals surface area contributed by atoms with E-state index < -0.39 is 0 Å². The van der Waals surface area contributed by atoms with Crippen LogP contribution in [-0.4, -0.2) is 30.5 Å². The summed E-state index contributed by atoms with van der Waals surface area (Å²) >= 11 is 0. The Balaban J connectivity index is 1.40. The number of imidazole rings is 1. The molecule has 5 aromatic rings. The molecule has 0 radical (unpaired) electrons. The topological polar surface area (TPSA) is 108 Å². The van der Waals surface area contributed by atoms with Crippen LogP contribution in [0.25, 0.3) is 27.8 Å². The number of aromatic nitrogens is 5. The smallest absolute Gasteiger partial charge is 0.259 e. The SMILES string of the molecule is O=C(NCc1ncc(-c2ccccc2)[nH]1)c1cnn2c1[nH]c(=O)c1ccccc12. The van der Waals surface area contributed by atoms with E-state index in [9.17, 15) is 9.59 Å². The molecule has 0 aliphatic carbocycles. The normalized spacial score (nSPS) is 11.2. The van der Waals surface area contributed by atoms with Gasteiger partial charge in [0.25, 0.3) is 11.5 Å². The summed E-state index contributed by atoms with van der Waals surface area (Å²) in [5.41, 5.74) is 2.93. The monoisotopic (exact) mass is 384 g/mol. The van der Waals surface area contributed by atoms with Gasteiger partial charge in [-0.3, -0.25) is 9.59 Å². The van der Waals surface area contributed by atoms with Gasteiger partial charge in [0.2, 0.25) is 0 Å². The van der Waals surface area contributed by atoms with Gasteiger partial charge in [-0.1, -0.05) is 42.5 Å². The van der Waals surface area contributed by atoms with E-state index in [1.807, 2.05) is 36.4 Å². The molecule has 0 fully saturated rings. The van der Waals surface area contributed by atoms with Crippen LogP contribution in [-0.2, 0) is 6.54 Å². The second-order valence-corrected chi connectivity index (χ2v) is 6.58.